The van der Waals surface area contributed by atoms with Gasteiger partial charge in [0.05, 0.1) is 13.2 Å². The number of rotatable bonds is 4. The Kier molecular flexibility index (Phi) is 5.23. The van der Waals surface area contributed by atoms with E-state index in [2.05, 4.69) is 30.0 Å². The second-order valence-electron chi connectivity index (χ2n) is 5.42. The highest BCUT2D eigenvalue weighted by atomic mass is 16.5. The minimum atomic E-state index is 0.223. The third kappa shape index (κ3) is 3.48. The van der Waals surface area contributed by atoms with E-state index < -0.39 is 0 Å². The summed E-state index contributed by atoms with van der Waals surface area (Å²) in [5.74, 6) is 0.922. The van der Waals surface area contributed by atoms with Crippen molar-refractivity contribution >= 4 is 0 Å². The van der Waals surface area contributed by atoms with Crippen molar-refractivity contribution in [2.45, 2.75) is 44.7 Å². The Balaban J connectivity index is 2.28. The Bertz CT molecular complexity index is 394. The summed E-state index contributed by atoms with van der Waals surface area (Å²) in [5, 5.41) is 0. The molecule has 0 aliphatic carbocycles. The number of nitrogens with two attached hydrogens (primary N) is 1. The first kappa shape index (κ1) is 14.4. The van der Waals surface area contributed by atoms with Crippen LogP contribution in [0.5, 0.6) is 5.75 Å². The molecule has 0 amide bonds. The van der Waals surface area contributed by atoms with Gasteiger partial charge in [0.2, 0.25) is 0 Å². The van der Waals surface area contributed by atoms with E-state index in [0.717, 1.165) is 25.3 Å². The Morgan fingerprint density at radius 3 is 2.95 bits per heavy atom. The molecule has 1 aromatic carbocycles. The molecule has 0 bridgehead atoms. The maximum Gasteiger partial charge on any atom is 0.119 e. The van der Waals surface area contributed by atoms with Crippen LogP contribution in [-0.4, -0.2) is 31.1 Å². The average Bonchev–Trinajstić information content (AvgIpc) is 2.61. The molecule has 1 fully saturated rings. The van der Waals surface area contributed by atoms with Crippen molar-refractivity contribution in [3.63, 3.8) is 0 Å². The van der Waals surface area contributed by atoms with Crippen LogP contribution in [-0.2, 0) is 0 Å². The van der Waals surface area contributed by atoms with Crippen molar-refractivity contribution < 1.29 is 4.74 Å². The molecular formula is C16H26N2O. The maximum atomic E-state index is 6.44. The van der Waals surface area contributed by atoms with Gasteiger partial charge in [-0.3, -0.25) is 4.90 Å². The fourth-order valence-electron chi connectivity index (χ4n) is 3.08. The fourth-order valence-corrected chi connectivity index (χ4v) is 3.08. The molecule has 0 spiro atoms. The largest absolute Gasteiger partial charge is 0.497 e. The Morgan fingerprint density at radius 1 is 1.37 bits per heavy atom. The minimum absolute atomic E-state index is 0.223. The molecule has 1 aliphatic heterocycles. The van der Waals surface area contributed by atoms with Crippen LogP contribution in [0.1, 0.15) is 44.2 Å². The van der Waals surface area contributed by atoms with Crippen LogP contribution in [0.4, 0.5) is 0 Å². The predicted molar refractivity (Wildman–Crippen MR) is 79.4 cm³/mol. The first-order valence-electron chi connectivity index (χ1n) is 7.40. The van der Waals surface area contributed by atoms with Crippen molar-refractivity contribution in [1.82, 2.24) is 4.90 Å². The van der Waals surface area contributed by atoms with Crippen LogP contribution in [0.25, 0.3) is 0 Å². The van der Waals surface area contributed by atoms with Crippen molar-refractivity contribution in [1.29, 1.82) is 0 Å². The third-order valence-corrected chi connectivity index (χ3v) is 3.98. The summed E-state index contributed by atoms with van der Waals surface area (Å²) in [7, 11) is 1.72. The van der Waals surface area contributed by atoms with E-state index >= 15 is 0 Å². The first-order valence-corrected chi connectivity index (χ1v) is 7.40. The summed E-state index contributed by atoms with van der Waals surface area (Å²) >= 11 is 0. The van der Waals surface area contributed by atoms with Crippen molar-refractivity contribution in [3.05, 3.63) is 29.8 Å². The summed E-state index contributed by atoms with van der Waals surface area (Å²) in [6, 6.07) is 8.93. The molecule has 106 valence electrons. The van der Waals surface area contributed by atoms with Gasteiger partial charge in [0, 0.05) is 6.04 Å². The summed E-state index contributed by atoms with van der Waals surface area (Å²) in [6.45, 7) is 4.51. The van der Waals surface area contributed by atoms with Gasteiger partial charge in [0.1, 0.15) is 5.75 Å². The Hall–Kier alpha value is -1.06. The molecule has 1 aromatic rings. The van der Waals surface area contributed by atoms with Gasteiger partial charge in [-0.1, -0.05) is 25.5 Å². The second-order valence-corrected chi connectivity index (χ2v) is 5.42. The number of benzene rings is 1. The van der Waals surface area contributed by atoms with Crippen molar-refractivity contribution in [3.8, 4) is 5.75 Å². The standard InChI is InChI=1S/C16H26N2O/c1-3-10-18-11-5-4-9-15(17)16(18)13-7-6-8-14(12-13)19-2/h6-8,12,15-16H,3-5,9-11,17H2,1-2H3. The second kappa shape index (κ2) is 6.92. The zero-order valence-electron chi connectivity index (χ0n) is 12.1. The molecule has 2 rings (SSSR count). The zero-order chi connectivity index (χ0) is 13.7. The molecule has 0 saturated carbocycles. The summed E-state index contributed by atoms with van der Waals surface area (Å²) in [6.07, 6.45) is 4.78. The fraction of sp³-hybridized carbons (Fsp3) is 0.625. The number of hydrogen-bond acceptors (Lipinski definition) is 3. The van der Waals surface area contributed by atoms with Gasteiger partial charge in [-0.15, -0.1) is 0 Å². The van der Waals surface area contributed by atoms with E-state index in [-0.39, 0.29) is 6.04 Å². The Labute approximate surface area is 116 Å². The van der Waals surface area contributed by atoms with Crippen LogP contribution in [0.15, 0.2) is 24.3 Å². The van der Waals surface area contributed by atoms with Crippen LogP contribution in [0.2, 0.25) is 0 Å². The van der Waals surface area contributed by atoms with Crippen molar-refractivity contribution in [2.24, 2.45) is 5.73 Å². The monoisotopic (exact) mass is 262 g/mol. The predicted octanol–water partition coefficient (Wildman–Crippen LogP) is 2.96. The van der Waals surface area contributed by atoms with Crippen LogP contribution in [0, 0.1) is 0 Å². The summed E-state index contributed by atoms with van der Waals surface area (Å²) in [4.78, 5) is 2.55. The van der Waals surface area contributed by atoms with E-state index in [9.17, 15) is 0 Å². The first-order chi connectivity index (χ1) is 9.26. The highest BCUT2D eigenvalue weighted by molar-refractivity contribution is 5.31. The molecule has 0 aromatic heterocycles. The number of hydrogen-bond donors (Lipinski definition) is 1. The van der Waals surface area contributed by atoms with E-state index in [1.807, 2.05) is 6.07 Å². The molecule has 3 nitrogen and oxygen atoms in total. The summed E-state index contributed by atoms with van der Waals surface area (Å²) in [5.41, 5.74) is 7.73. The van der Waals surface area contributed by atoms with E-state index in [0.29, 0.717) is 6.04 Å². The molecule has 1 aliphatic rings. The molecule has 2 N–H and O–H groups in total. The van der Waals surface area contributed by atoms with E-state index in [1.165, 1.54) is 24.8 Å². The van der Waals surface area contributed by atoms with Gasteiger partial charge in [0.25, 0.3) is 0 Å². The normalized spacial score (nSPS) is 25.0. The zero-order valence-corrected chi connectivity index (χ0v) is 12.1. The van der Waals surface area contributed by atoms with Gasteiger partial charge in [-0.25, -0.2) is 0 Å². The minimum Gasteiger partial charge on any atom is -0.497 e. The van der Waals surface area contributed by atoms with Gasteiger partial charge < -0.3 is 10.5 Å². The number of ether oxygens (including phenoxy) is 1. The third-order valence-electron chi connectivity index (χ3n) is 3.98. The highest BCUT2D eigenvalue weighted by Gasteiger charge is 2.28. The quantitative estimate of drug-likeness (QED) is 0.906. The van der Waals surface area contributed by atoms with E-state index in [1.54, 1.807) is 7.11 Å². The van der Waals surface area contributed by atoms with Crippen molar-refractivity contribution in [2.75, 3.05) is 20.2 Å². The smallest absolute Gasteiger partial charge is 0.119 e. The lowest BCUT2D eigenvalue weighted by Gasteiger charge is -2.33. The maximum absolute atomic E-state index is 6.44. The molecule has 0 radical (unpaired) electrons. The summed E-state index contributed by atoms with van der Waals surface area (Å²) < 4.78 is 5.35. The lowest BCUT2D eigenvalue weighted by Crippen LogP contribution is -2.40. The number of nitrogens with zero attached hydrogens (tertiary/aromatic N) is 1. The van der Waals surface area contributed by atoms with Gasteiger partial charge in [-0.05, 0) is 50.0 Å². The molecule has 2 atom stereocenters. The average molecular weight is 262 g/mol. The topological polar surface area (TPSA) is 38.5 Å². The lowest BCUT2D eigenvalue weighted by atomic mass is 9.96. The molecule has 1 saturated heterocycles. The highest BCUT2D eigenvalue weighted by Crippen LogP contribution is 2.31. The van der Waals surface area contributed by atoms with Crippen LogP contribution >= 0.6 is 0 Å². The number of likely N-dealkylation sites (tertiary alicyclic amines) is 1. The molecule has 1 heterocycles. The molecular weight excluding hydrogens is 236 g/mol. The lowest BCUT2D eigenvalue weighted by molar-refractivity contribution is 0.185. The molecule has 19 heavy (non-hydrogen) atoms. The number of methoxy groups -OCH3 is 1. The SMILES string of the molecule is CCCN1CCCCC(N)C1c1cccc(OC)c1. The Morgan fingerprint density at radius 2 is 2.21 bits per heavy atom. The van der Waals surface area contributed by atoms with Crippen LogP contribution in [0.3, 0.4) is 0 Å². The van der Waals surface area contributed by atoms with Gasteiger partial charge >= 0.3 is 0 Å². The van der Waals surface area contributed by atoms with Crippen LogP contribution < -0.4 is 10.5 Å². The van der Waals surface area contributed by atoms with E-state index in [4.69, 9.17) is 10.5 Å². The van der Waals surface area contributed by atoms with Gasteiger partial charge in [-0.2, -0.15) is 0 Å². The molecule has 3 heteroatoms. The molecule has 2 unspecified atom stereocenters. The van der Waals surface area contributed by atoms with Gasteiger partial charge in [0.15, 0.2) is 0 Å².